The zero-order valence-corrected chi connectivity index (χ0v) is 11.1. The van der Waals surface area contributed by atoms with Gasteiger partial charge in [-0.25, -0.2) is 4.72 Å². The quantitative estimate of drug-likeness (QED) is 0.412. The van der Waals surface area contributed by atoms with Crippen molar-refractivity contribution in [1.29, 1.82) is 5.41 Å². The van der Waals surface area contributed by atoms with Gasteiger partial charge in [-0.05, 0) is 19.3 Å². The molecular formula is C10H22N4O2S. The number of hydrogen-bond acceptors (Lipinski definition) is 3. The minimum absolute atomic E-state index is 0.0842. The summed E-state index contributed by atoms with van der Waals surface area (Å²) in [5.74, 6) is -0.0842. The first-order valence-electron chi connectivity index (χ1n) is 6.05. The third-order valence-corrected chi connectivity index (χ3v) is 4.34. The summed E-state index contributed by atoms with van der Waals surface area (Å²) in [5.41, 5.74) is 4.69. The zero-order chi connectivity index (χ0) is 12.9. The molecule has 0 atom stereocenters. The molecule has 1 aliphatic carbocycles. The highest BCUT2D eigenvalue weighted by molar-refractivity contribution is 7.87. The van der Waals surface area contributed by atoms with Crippen LogP contribution in [0.1, 0.15) is 45.4 Å². The van der Waals surface area contributed by atoms with E-state index in [1.54, 1.807) is 0 Å². The highest BCUT2D eigenvalue weighted by Gasteiger charge is 2.38. The summed E-state index contributed by atoms with van der Waals surface area (Å²) < 4.78 is 28.6. The van der Waals surface area contributed by atoms with Gasteiger partial charge >= 0.3 is 0 Å². The molecule has 0 aromatic heterocycles. The van der Waals surface area contributed by atoms with Gasteiger partial charge < -0.3 is 5.73 Å². The van der Waals surface area contributed by atoms with E-state index < -0.39 is 15.7 Å². The summed E-state index contributed by atoms with van der Waals surface area (Å²) in [6, 6.07) is 0. The van der Waals surface area contributed by atoms with Crippen molar-refractivity contribution in [3.05, 3.63) is 0 Å². The van der Waals surface area contributed by atoms with Gasteiger partial charge in [-0.15, -0.1) is 0 Å². The van der Waals surface area contributed by atoms with Crippen molar-refractivity contribution >= 4 is 16.0 Å². The van der Waals surface area contributed by atoms with E-state index in [0.29, 0.717) is 19.4 Å². The monoisotopic (exact) mass is 262 g/mol. The van der Waals surface area contributed by atoms with Crippen LogP contribution in [-0.2, 0) is 10.2 Å². The minimum Gasteiger partial charge on any atom is -0.386 e. The standard InChI is InChI=1S/C10H22N4O2S/c1-2-8-13-17(15,16)14-10(9(11)12)6-4-3-5-7-10/h13-14H,2-8H2,1H3,(H3,11,12). The Morgan fingerprint density at radius 3 is 2.41 bits per heavy atom. The second-order valence-corrected chi connectivity index (χ2v) is 6.06. The molecule has 0 bridgehead atoms. The molecule has 1 aliphatic rings. The Bertz CT molecular complexity index is 361. The Labute approximate surface area is 103 Å². The first kappa shape index (κ1) is 14.4. The number of hydrogen-bond donors (Lipinski definition) is 4. The highest BCUT2D eigenvalue weighted by Crippen LogP contribution is 2.28. The summed E-state index contributed by atoms with van der Waals surface area (Å²) in [6.45, 7) is 2.28. The summed E-state index contributed by atoms with van der Waals surface area (Å²) in [4.78, 5) is 0. The molecule has 1 fully saturated rings. The third kappa shape index (κ3) is 3.93. The normalized spacial score (nSPS) is 20.1. The fourth-order valence-corrected chi connectivity index (χ4v) is 3.48. The number of nitrogens with one attached hydrogen (secondary N) is 3. The van der Waals surface area contributed by atoms with Gasteiger partial charge in [0.05, 0.1) is 5.54 Å². The van der Waals surface area contributed by atoms with Crippen molar-refractivity contribution in [2.24, 2.45) is 5.73 Å². The molecule has 1 rings (SSSR count). The lowest BCUT2D eigenvalue weighted by Crippen LogP contribution is -2.60. The first-order valence-corrected chi connectivity index (χ1v) is 7.53. The molecule has 0 aromatic carbocycles. The second-order valence-electron chi connectivity index (χ2n) is 4.56. The van der Waals surface area contributed by atoms with Gasteiger partial charge in [0.15, 0.2) is 0 Å². The largest absolute Gasteiger partial charge is 0.386 e. The number of rotatable bonds is 6. The third-order valence-electron chi connectivity index (χ3n) is 3.09. The van der Waals surface area contributed by atoms with Crippen LogP contribution in [0.5, 0.6) is 0 Å². The molecule has 0 radical (unpaired) electrons. The molecule has 0 spiro atoms. The molecule has 0 amide bonds. The highest BCUT2D eigenvalue weighted by atomic mass is 32.2. The van der Waals surface area contributed by atoms with E-state index in [1.807, 2.05) is 6.92 Å². The lowest BCUT2D eigenvalue weighted by molar-refractivity contribution is 0.346. The van der Waals surface area contributed by atoms with Crippen LogP contribution in [0.2, 0.25) is 0 Å². The molecular weight excluding hydrogens is 240 g/mol. The molecule has 0 aromatic rings. The van der Waals surface area contributed by atoms with Gasteiger partial charge in [0.2, 0.25) is 0 Å². The molecule has 0 unspecified atom stereocenters. The van der Waals surface area contributed by atoms with E-state index in [-0.39, 0.29) is 5.84 Å². The first-order chi connectivity index (χ1) is 7.92. The minimum atomic E-state index is -3.57. The van der Waals surface area contributed by atoms with Gasteiger partial charge in [-0.3, -0.25) is 5.41 Å². The van der Waals surface area contributed by atoms with Crippen LogP contribution < -0.4 is 15.2 Å². The maximum absolute atomic E-state index is 11.8. The maximum atomic E-state index is 11.8. The second kappa shape index (κ2) is 5.79. The molecule has 0 saturated heterocycles. The summed E-state index contributed by atoms with van der Waals surface area (Å²) >= 11 is 0. The van der Waals surface area contributed by atoms with Crippen molar-refractivity contribution < 1.29 is 8.42 Å². The van der Waals surface area contributed by atoms with Crippen LogP contribution in [0, 0.1) is 5.41 Å². The smallest absolute Gasteiger partial charge is 0.277 e. The average Bonchev–Trinajstić information content (AvgIpc) is 2.27. The topological polar surface area (TPSA) is 108 Å². The molecule has 17 heavy (non-hydrogen) atoms. The van der Waals surface area contributed by atoms with E-state index in [2.05, 4.69) is 9.44 Å². The summed E-state index contributed by atoms with van der Waals surface area (Å²) in [7, 11) is -3.57. The lowest BCUT2D eigenvalue weighted by Gasteiger charge is -2.36. The Balaban J connectivity index is 2.76. The van der Waals surface area contributed by atoms with Gasteiger partial charge in [-0.2, -0.15) is 13.1 Å². The van der Waals surface area contributed by atoms with E-state index >= 15 is 0 Å². The van der Waals surface area contributed by atoms with Crippen LogP contribution in [0.3, 0.4) is 0 Å². The molecule has 0 aliphatic heterocycles. The van der Waals surface area contributed by atoms with Crippen molar-refractivity contribution in [3.63, 3.8) is 0 Å². The maximum Gasteiger partial charge on any atom is 0.277 e. The van der Waals surface area contributed by atoms with Crippen molar-refractivity contribution in [2.75, 3.05) is 6.54 Å². The SMILES string of the molecule is CCCNS(=O)(=O)NC1(C(=N)N)CCCCC1. The van der Waals surface area contributed by atoms with Gasteiger partial charge in [-0.1, -0.05) is 26.2 Å². The van der Waals surface area contributed by atoms with E-state index in [1.165, 1.54) is 0 Å². The summed E-state index contributed by atoms with van der Waals surface area (Å²) in [5, 5.41) is 7.62. The van der Waals surface area contributed by atoms with Gasteiger partial charge in [0.25, 0.3) is 10.2 Å². The fourth-order valence-electron chi connectivity index (χ4n) is 2.11. The Kier molecular flexibility index (Phi) is 4.91. The van der Waals surface area contributed by atoms with E-state index in [4.69, 9.17) is 11.1 Å². The Hall–Kier alpha value is -0.660. The van der Waals surface area contributed by atoms with Crippen LogP contribution in [0.15, 0.2) is 0 Å². The van der Waals surface area contributed by atoms with Crippen LogP contribution >= 0.6 is 0 Å². The van der Waals surface area contributed by atoms with E-state index in [9.17, 15) is 8.42 Å². The van der Waals surface area contributed by atoms with Crippen molar-refractivity contribution in [3.8, 4) is 0 Å². The summed E-state index contributed by atoms with van der Waals surface area (Å²) in [6.07, 6.45) is 4.81. The molecule has 5 N–H and O–H groups in total. The molecule has 1 saturated carbocycles. The molecule has 100 valence electrons. The van der Waals surface area contributed by atoms with E-state index in [0.717, 1.165) is 25.7 Å². The molecule has 6 nitrogen and oxygen atoms in total. The fraction of sp³-hybridized carbons (Fsp3) is 0.900. The van der Waals surface area contributed by atoms with Crippen LogP contribution in [0.25, 0.3) is 0 Å². The number of nitrogens with two attached hydrogens (primary N) is 1. The van der Waals surface area contributed by atoms with Crippen molar-refractivity contribution in [1.82, 2.24) is 9.44 Å². The predicted molar refractivity (Wildman–Crippen MR) is 68.1 cm³/mol. The van der Waals surface area contributed by atoms with Crippen molar-refractivity contribution in [2.45, 2.75) is 51.0 Å². The van der Waals surface area contributed by atoms with Gasteiger partial charge in [0.1, 0.15) is 5.84 Å². The molecule has 0 heterocycles. The number of amidine groups is 1. The zero-order valence-electron chi connectivity index (χ0n) is 10.3. The predicted octanol–water partition coefficient (Wildman–Crippen LogP) is 0.459. The average molecular weight is 262 g/mol. The molecule has 7 heteroatoms. The lowest BCUT2D eigenvalue weighted by atomic mass is 9.82. The Morgan fingerprint density at radius 1 is 1.35 bits per heavy atom. The van der Waals surface area contributed by atoms with Gasteiger partial charge in [0, 0.05) is 6.54 Å². The van der Waals surface area contributed by atoms with Crippen LogP contribution in [0.4, 0.5) is 0 Å². The Morgan fingerprint density at radius 2 is 1.94 bits per heavy atom. The van der Waals surface area contributed by atoms with Crippen LogP contribution in [-0.4, -0.2) is 26.3 Å².